The van der Waals surface area contributed by atoms with Crippen LogP contribution in [0.25, 0.3) is 0 Å². The summed E-state index contributed by atoms with van der Waals surface area (Å²) in [7, 11) is 0. The molecule has 0 bridgehead atoms. The number of carbonyl (C=O) groups is 2. The number of carbonyl (C=O) groups excluding carboxylic acids is 2. The molecule has 1 atom stereocenters. The van der Waals surface area contributed by atoms with Gasteiger partial charge in [0.2, 0.25) is 0 Å². The minimum absolute atomic E-state index is 0.0564. The van der Waals surface area contributed by atoms with E-state index in [2.05, 4.69) is 12.2 Å². The van der Waals surface area contributed by atoms with Crippen LogP contribution in [0.5, 0.6) is 5.75 Å². The van der Waals surface area contributed by atoms with Gasteiger partial charge in [0.05, 0.1) is 12.2 Å². The second kappa shape index (κ2) is 8.42. The van der Waals surface area contributed by atoms with E-state index in [0.29, 0.717) is 24.2 Å². The molecule has 144 valence electrons. The van der Waals surface area contributed by atoms with Gasteiger partial charge in [-0.1, -0.05) is 31.9 Å². The van der Waals surface area contributed by atoms with Crippen LogP contribution in [0, 0.1) is 0 Å². The number of Topliss-reactive ketones (excluding diaryl/α,β-unsaturated/α-hetero) is 1. The summed E-state index contributed by atoms with van der Waals surface area (Å²) in [5.74, 6) is -0.722. The first-order valence-electron chi connectivity index (χ1n) is 9.73. The first kappa shape index (κ1) is 19.2. The monoisotopic (exact) mass is 369 g/mol. The van der Waals surface area contributed by atoms with Crippen molar-refractivity contribution >= 4 is 11.8 Å². The number of rotatable bonds is 6. The fourth-order valence-corrected chi connectivity index (χ4v) is 3.89. The molecular formula is C22H27NO4. The molecule has 0 saturated carbocycles. The van der Waals surface area contributed by atoms with Crippen LogP contribution in [-0.2, 0) is 14.3 Å². The van der Waals surface area contributed by atoms with E-state index in [-0.39, 0.29) is 11.5 Å². The van der Waals surface area contributed by atoms with Gasteiger partial charge in [-0.15, -0.1) is 0 Å². The van der Waals surface area contributed by atoms with E-state index in [1.54, 1.807) is 18.2 Å². The van der Waals surface area contributed by atoms with Gasteiger partial charge >= 0.3 is 5.97 Å². The zero-order valence-electron chi connectivity index (χ0n) is 16.0. The Balaban J connectivity index is 1.99. The third-order valence-corrected chi connectivity index (χ3v) is 5.18. The highest BCUT2D eigenvalue weighted by molar-refractivity contribution is 6.03. The maximum absolute atomic E-state index is 12.9. The number of ether oxygens (including phenoxy) is 1. The van der Waals surface area contributed by atoms with Crippen molar-refractivity contribution in [2.45, 2.75) is 58.3 Å². The number of allylic oxidation sites excluding steroid dienone is 3. The fourth-order valence-electron chi connectivity index (χ4n) is 3.89. The lowest BCUT2D eigenvalue weighted by atomic mass is 9.75. The van der Waals surface area contributed by atoms with Gasteiger partial charge in [-0.2, -0.15) is 0 Å². The number of hydrogen-bond acceptors (Lipinski definition) is 5. The fraction of sp³-hybridized carbons (Fsp3) is 0.455. The molecule has 27 heavy (non-hydrogen) atoms. The molecule has 2 aliphatic rings. The van der Waals surface area contributed by atoms with Crippen LogP contribution in [0.1, 0.15) is 63.9 Å². The smallest absolute Gasteiger partial charge is 0.336 e. The summed E-state index contributed by atoms with van der Waals surface area (Å²) in [6, 6.07) is 6.79. The molecule has 0 radical (unpaired) electrons. The number of nitrogens with one attached hydrogen (secondary N) is 1. The van der Waals surface area contributed by atoms with Crippen molar-refractivity contribution in [1.82, 2.24) is 5.32 Å². The van der Waals surface area contributed by atoms with Crippen molar-refractivity contribution in [3.8, 4) is 5.75 Å². The van der Waals surface area contributed by atoms with Gasteiger partial charge in [-0.3, -0.25) is 4.79 Å². The van der Waals surface area contributed by atoms with Crippen LogP contribution in [0.2, 0.25) is 0 Å². The van der Waals surface area contributed by atoms with E-state index in [1.165, 1.54) is 0 Å². The van der Waals surface area contributed by atoms with Crippen LogP contribution in [0.15, 0.2) is 46.8 Å². The highest BCUT2D eigenvalue weighted by Gasteiger charge is 2.39. The number of dihydropyridines is 1. The number of hydrogen-bond donors (Lipinski definition) is 2. The Hall–Kier alpha value is -2.56. The largest absolute Gasteiger partial charge is 0.508 e. The SMILES string of the molecule is CCCCCOC(=O)C1=C(C)NC2=C(C(=O)CCC2)[C@H]1c1cccc(O)c1. The number of esters is 1. The molecule has 5 heteroatoms. The Labute approximate surface area is 160 Å². The van der Waals surface area contributed by atoms with Crippen molar-refractivity contribution in [3.63, 3.8) is 0 Å². The molecular weight excluding hydrogens is 342 g/mol. The Bertz CT molecular complexity index is 806. The maximum atomic E-state index is 12.9. The minimum Gasteiger partial charge on any atom is -0.508 e. The van der Waals surface area contributed by atoms with Gasteiger partial charge in [0.1, 0.15) is 5.75 Å². The number of benzene rings is 1. The number of aromatic hydroxyl groups is 1. The molecule has 0 amide bonds. The lowest BCUT2D eigenvalue weighted by molar-refractivity contribution is -0.139. The predicted octanol–water partition coefficient (Wildman–Crippen LogP) is 4.09. The number of unbranched alkanes of at least 4 members (excludes halogenated alkanes) is 2. The van der Waals surface area contributed by atoms with Crippen LogP contribution in [-0.4, -0.2) is 23.5 Å². The molecule has 1 aliphatic heterocycles. The van der Waals surface area contributed by atoms with Crippen molar-refractivity contribution < 1.29 is 19.4 Å². The molecule has 0 aromatic heterocycles. The molecule has 0 saturated heterocycles. The quantitative estimate of drug-likeness (QED) is 0.583. The van der Waals surface area contributed by atoms with Gasteiger partial charge in [0.15, 0.2) is 5.78 Å². The van der Waals surface area contributed by atoms with E-state index in [1.807, 2.05) is 13.0 Å². The second-order valence-electron chi connectivity index (χ2n) is 7.20. The zero-order valence-corrected chi connectivity index (χ0v) is 16.0. The average molecular weight is 369 g/mol. The summed E-state index contributed by atoms with van der Waals surface area (Å²) >= 11 is 0. The van der Waals surface area contributed by atoms with E-state index in [4.69, 9.17) is 4.74 Å². The van der Waals surface area contributed by atoms with E-state index >= 15 is 0 Å². The third-order valence-electron chi connectivity index (χ3n) is 5.18. The standard InChI is InChI=1S/C22H27NO4/c1-3-4-5-12-27-22(26)19-14(2)23-17-10-7-11-18(25)21(17)20(19)15-8-6-9-16(24)13-15/h6,8-9,13,20,23-24H,3-5,7,10-12H2,1-2H3/t20-/m0/s1. The van der Waals surface area contributed by atoms with Gasteiger partial charge in [0.25, 0.3) is 0 Å². The molecule has 5 nitrogen and oxygen atoms in total. The van der Waals surface area contributed by atoms with Crippen molar-refractivity contribution in [1.29, 1.82) is 0 Å². The number of phenols is 1. The van der Waals surface area contributed by atoms with E-state index in [9.17, 15) is 14.7 Å². The van der Waals surface area contributed by atoms with Crippen molar-refractivity contribution in [2.24, 2.45) is 0 Å². The van der Waals surface area contributed by atoms with Crippen LogP contribution in [0.4, 0.5) is 0 Å². The molecule has 0 unspecified atom stereocenters. The van der Waals surface area contributed by atoms with Gasteiger partial charge in [-0.25, -0.2) is 4.79 Å². The molecule has 1 aromatic carbocycles. The lowest BCUT2D eigenvalue weighted by Crippen LogP contribution is -2.34. The van der Waals surface area contributed by atoms with Gasteiger partial charge in [0, 0.05) is 29.3 Å². The highest BCUT2D eigenvalue weighted by Crippen LogP contribution is 2.43. The zero-order chi connectivity index (χ0) is 19.4. The number of phenolic OH excluding ortho intramolecular Hbond substituents is 1. The van der Waals surface area contributed by atoms with Crippen LogP contribution in [0.3, 0.4) is 0 Å². The van der Waals surface area contributed by atoms with Crippen molar-refractivity contribution in [2.75, 3.05) is 6.61 Å². The molecule has 0 fully saturated rings. The van der Waals surface area contributed by atoms with Gasteiger partial charge in [-0.05, 0) is 43.9 Å². The maximum Gasteiger partial charge on any atom is 0.336 e. The van der Waals surface area contributed by atoms with Crippen molar-refractivity contribution in [3.05, 3.63) is 52.4 Å². The summed E-state index contributed by atoms with van der Waals surface area (Å²) in [6.07, 6.45) is 4.96. The van der Waals surface area contributed by atoms with Crippen LogP contribution >= 0.6 is 0 Å². The second-order valence-corrected chi connectivity index (χ2v) is 7.20. The summed E-state index contributed by atoms with van der Waals surface area (Å²) in [6.45, 7) is 4.32. The molecule has 1 heterocycles. The minimum atomic E-state index is -0.500. The summed E-state index contributed by atoms with van der Waals surface area (Å²) < 4.78 is 5.52. The highest BCUT2D eigenvalue weighted by atomic mass is 16.5. The molecule has 1 aromatic rings. The Kier molecular flexibility index (Phi) is 5.99. The molecule has 3 rings (SSSR count). The summed E-state index contributed by atoms with van der Waals surface area (Å²) in [5.41, 5.74) is 3.44. The molecule has 0 spiro atoms. The Morgan fingerprint density at radius 1 is 1.30 bits per heavy atom. The Morgan fingerprint density at radius 2 is 2.11 bits per heavy atom. The van der Waals surface area contributed by atoms with E-state index in [0.717, 1.165) is 49.1 Å². The van der Waals surface area contributed by atoms with Gasteiger partial charge < -0.3 is 15.2 Å². The topological polar surface area (TPSA) is 75.6 Å². The summed E-state index contributed by atoms with van der Waals surface area (Å²) in [4.78, 5) is 25.6. The van der Waals surface area contributed by atoms with Crippen LogP contribution < -0.4 is 5.32 Å². The average Bonchev–Trinajstić information content (AvgIpc) is 2.64. The first-order chi connectivity index (χ1) is 13.0. The number of ketones is 1. The molecule has 2 N–H and O–H groups in total. The Morgan fingerprint density at radius 3 is 2.85 bits per heavy atom. The normalized spacial score (nSPS) is 19.6. The third kappa shape index (κ3) is 4.07. The predicted molar refractivity (Wildman–Crippen MR) is 103 cm³/mol. The molecule has 1 aliphatic carbocycles. The lowest BCUT2D eigenvalue weighted by Gasteiger charge is -2.34. The van der Waals surface area contributed by atoms with E-state index < -0.39 is 11.9 Å². The summed E-state index contributed by atoms with van der Waals surface area (Å²) in [5, 5.41) is 13.2. The first-order valence-corrected chi connectivity index (χ1v) is 9.73.